The van der Waals surface area contributed by atoms with E-state index in [2.05, 4.69) is 21.8 Å². The van der Waals surface area contributed by atoms with E-state index in [1.54, 1.807) is 4.57 Å². The summed E-state index contributed by atoms with van der Waals surface area (Å²) in [4.78, 5) is 44.3. The minimum Gasteiger partial charge on any atom is -0.425 e. The number of benzene rings is 2. The quantitative estimate of drug-likeness (QED) is 0.0301. The van der Waals surface area contributed by atoms with Crippen LogP contribution in [-0.2, 0) is 32.1 Å². The number of hydrazone groups is 1. The fraction of sp³-hybridized carbons (Fsp3) is 0.400. The Morgan fingerprint density at radius 1 is 1.09 bits per heavy atom. The lowest BCUT2D eigenvalue weighted by atomic mass is 9.98. The first-order valence-electron chi connectivity index (χ1n) is 14.3. The molecule has 0 amide bonds. The topological polar surface area (TPSA) is 187 Å². The number of esters is 2. The molecule has 4 N–H and O–H groups in total. The van der Waals surface area contributed by atoms with Gasteiger partial charge in [-0.05, 0) is 36.0 Å². The van der Waals surface area contributed by atoms with Crippen LogP contribution in [0, 0.1) is 10.1 Å². The van der Waals surface area contributed by atoms with Crippen LogP contribution in [0.2, 0.25) is 5.15 Å². The summed E-state index contributed by atoms with van der Waals surface area (Å²) in [5.74, 6) is 4.93. The van der Waals surface area contributed by atoms with E-state index < -0.39 is 23.3 Å². The van der Waals surface area contributed by atoms with Crippen LogP contribution >= 0.6 is 11.6 Å². The van der Waals surface area contributed by atoms with Gasteiger partial charge in [-0.15, -0.1) is 10.1 Å². The Labute approximate surface area is 260 Å². The van der Waals surface area contributed by atoms with Crippen LogP contribution < -0.4 is 11.6 Å². The van der Waals surface area contributed by atoms with Crippen molar-refractivity contribution in [2.45, 2.75) is 71.6 Å². The van der Waals surface area contributed by atoms with Gasteiger partial charge in [-0.25, -0.2) is 9.78 Å². The van der Waals surface area contributed by atoms with Crippen molar-refractivity contribution < 1.29 is 29.0 Å². The molecule has 1 atom stereocenters. The van der Waals surface area contributed by atoms with Crippen LogP contribution in [0.3, 0.4) is 0 Å². The second-order valence-corrected chi connectivity index (χ2v) is 10.3. The summed E-state index contributed by atoms with van der Waals surface area (Å²) in [6, 6.07) is 15.3. The van der Waals surface area contributed by atoms with Crippen molar-refractivity contribution in [2.24, 2.45) is 16.7 Å². The van der Waals surface area contributed by atoms with E-state index in [0.29, 0.717) is 43.6 Å². The highest BCUT2D eigenvalue weighted by Crippen LogP contribution is 2.26. The first-order valence-corrected chi connectivity index (χ1v) is 14.7. The van der Waals surface area contributed by atoms with E-state index in [4.69, 9.17) is 32.7 Å². The first kappa shape index (κ1) is 33.8. The minimum atomic E-state index is -1.17. The van der Waals surface area contributed by atoms with Gasteiger partial charge in [-0.3, -0.25) is 4.79 Å². The number of aryl methyl sites for hydroxylation is 1. The van der Waals surface area contributed by atoms with Gasteiger partial charge in [0, 0.05) is 31.9 Å². The van der Waals surface area contributed by atoms with Gasteiger partial charge in [0.2, 0.25) is 6.29 Å². The molecule has 0 fully saturated rings. The summed E-state index contributed by atoms with van der Waals surface area (Å²) in [7, 11) is 0. The summed E-state index contributed by atoms with van der Waals surface area (Å²) >= 11 is 6.45. The molecule has 0 spiro atoms. The van der Waals surface area contributed by atoms with Crippen LogP contribution in [0.1, 0.15) is 79.8 Å². The number of hydrogen-bond acceptors (Lipinski definition) is 10. The van der Waals surface area contributed by atoms with Crippen LogP contribution in [0.4, 0.5) is 0 Å². The van der Waals surface area contributed by atoms with Crippen molar-refractivity contribution in [3.63, 3.8) is 0 Å². The lowest BCUT2D eigenvalue weighted by molar-refractivity contribution is -0.757. The Balaban J connectivity index is 1.71. The maximum Gasteiger partial charge on any atom is 0.361 e. The average Bonchev–Trinajstić information content (AvgIpc) is 3.31. The zero-order valence-electron chi connectivity index (χ0n) is 24.7. The number of amidine groups is 1. The molecule has 1 heterocycles. The van der Waals surface area contributed by atoms with Crippen molar-refractivity contribution in [3.05, 3.63) is 86.4 Å². The number of hydrogen-bond donors (Lipinski definition) is 2. The zero-order chi connectivity index (χ0) is 32.1. The highest BCUT2D eigenvalue weighted by molar-refractivity contribution is 6.32. The van der Waals surface area contributed by atoms with Gasteiger partial charge >= 0.3 is 11.9 Å². The lowest BCUT2D eigenvalue weighted by Gasteiger charge is -2.16. The van der Waals surface area contributed by atoms with Crippen molar-refractivity contribution in [1.82, 2.24) is 9.55 Å². The number of carbonyl (C=O) groups excluding carboxylic acids is 2. The van der Waals surface area contributed by atoms with Crippen LogP contribution in [-0.4, -0.2) is 45.3 Å². The van der Waals surface area contributed by atoms with Crippen molar-refractivity contribution in [1.29, 1.82) is 0 Å². The normalized spacial score (nSPS) is 12.0. The summed E-state index contributed by atoms with van der Waals surface area (Å²) in [5, 5.41) is 12.9. The van der Waals surface area contributed by atoms with E-state index in [0.717, 1.165) is 29.5 Å². The molecular weight excluding hydrogens is 592 g/mol. The molecule has 0 radical (unpaired) electrons. The smallest absolute Gasteiger partial charge is 0.361 e. The van der Waals surface area contributed by atoms with Gasteiger partial charge in [-0.2, -0.15) is 5.10 Å². The van der Waals surface area contributed by atoms with Crippen LogP contribution in [0.5, 0.6) is 0 Å². The second-order valence-electron chi connectivity index (χ2n) is 9.94. The van der Waals surface area contributed by atoms with Gasteiger partial charge in [0.1, 0.15) is 5.82 Å². The third-order valence-corrected chi connectivity index (χ3v) is 6.95. The van der Waals surface area contributed by atoms with E-state index in [9.17, 15) is 19.7 Å². The summed E-state index contributed by atoms with van der Waals surface area (Å²) in [5.41, 5.74) is 9.43. The van der Waals surface area contributed by atoms with Crippen molar-refractivity contribution >= 4 is 29.4 Å². The monoisotopic (exact) mass is 628 g/mol. The standard InChI is InChI=1S/C30H37ClN6O7/c1-3-4-12-25-34-28(31)27(30(39)44-20(2)43-26(38)13-6-5-9-18-42-37(40)41)36(25)19-21-14-16-22(17-15-21)23-10-7-8-11-24(23)29(32)35-33/h7-8,10-11,14-17,20H,3-6,9,12-13,18-19,33H2,1-2H3,(H2,32,35). The Morgan fingerprint density at radius 3 is 2.50 bits per heavy atom. The zero-order valence-corrected chi connectivity index (χ0v) is 25.5. The number of unbranched alkanes of at least 4 members (excludes halogenated alkanes) is 3. The van der Waals surface area contributed by atoms with Crippen LogP contribution in [0.15, 0.2) is 53.6 Å². The van der Waals surface area contributed by atoms with Crippen molar-refractivity contribution in [2.75, 3.05) is 6.61 Å². The van der Waals surface area contributed by atoms with E-state index in [-0.39, 0.29) is 29.7 Å². The van der Waals surface area contributed by atoms with Gasteiger partial charge in [0.15, 0.2) is 16.7 Å². The molecule has 0 saturated heterocycles. The maximum absolute atomic E-state index is 13.3. The molecule has 1 aromatic heterocycles. The van der Waals surface area contributed by atoms with Crippen LogP contribution in [0.25, 0.3) is 11.1 Å². The predicted molar refractivity (Wildman–Crippen MR) is 164 cm³/mol. The molecule has 3 aromatic rings. The molecule has 0 bridgehead atoms. The highest BCUT2D eigenvalue weighted by Gasteiger charge is 2.26. The average molecular weight is 629 g/mol. The van der Waals surface area contributed by atoms with Crippen molar-refractivity contribution in [3.8, 4) is 11.1 Å². The summed E-state index contributed by atoms with van der Waals surface area (Å²) in [6.45, 7) is 3.75. The largest absolute Gasteiger partial charge is 0.425 e. The molecule has 2 aromatic carbocycles. The SMILES string of the molecule is CCCCc1nc(Cl)c(C(=O)OC(C)OC(=O)CCCCCO[N+](=O)[O-])n1Cc1ccc(-c2ccccc2/C(N)=N/N)cc1. The Bertz CT molecular complexity index is 1460. The fourth-order valence-electron chi connectivity index (χ4n) is 4.52. The number of nitrogens with zero attached hydrogens (tertiary/aromatic N) is 4. The number of rotatable bonds is 17. The molecule has 236 valence electrons. The molecule has 14 heteroatoms. The molecule has 1 unspecified atom stereocenters. The third-order valence-electron chi connectivity index (χ3n) is 6.69. The van der Waals surface area contributed by atoms with E-state index in [1.807, 2.05) is 48.5 Å². The number of halogens is 1. The minimum absolute atomic E-state index is 0.00123. The van der Waals surface area contributed by atoms with Gasteiger partial charge < -0.3 is 30.5 Å². The molecule has 44 heavy (non-hydrogen) atoms. The molecule has 13 nitrogen and oxygen atoms in total. The van der Waals surface area contributed by atoms with E-state index in [1.165, 1.54) is 6.92 Å². The Hall–Kier alpha value is -4.65. The van der Waals surface area contributed by atoms with Gasteiger partial charge in [0.25, 0.3) is 5.09 Å². The number of ether oxygens (including phenoxy) is 2. The highest BCUT2D eigenvalue weighted by atomic mass is 35.5. The number of nitrogens with two attached hydrogens (primary N) is 2. The van der Waals surface area contributed by atoms with E-state index >= 15 is 0 Å². The second kappa shape index (κ2) is 16.8. The molecule has 3 rings (SSSR count). The Morgan fingerprint density at radius 2 is 1.82 bits per heavy atom. The Kier molecular flexibility index (Phi) is 13.0. The van der Waals surface area contributed by atoms with Gasteiger partial charge in [0.05, 0.1) is 6.61 Å². The maximum atomic E-state index is 13.3. The fourth-order valence-corrected chi connectivity index (χ4v) is 4.80. The lowest BCUT2D eigenvalue weighted by Crippen LogP contribution is -2.24. The molecular formula is C30H37ClN6O7. The molecule has 0 saturated carbocycles. The number of aromatic nitrogens is 2. The van der Waals surface area contributed by atoms with Gasteiger partial charge in [-0.1, -0.05) is 79.9 Å². The number of imidazole rings is 1. The molecule has 0 aliphatic heterocycles. The third kappa shape index (κ3) is 9.69. The summed E-state index contributed by atoms with van der Waals surface area (Å²) in [6.07, 6.45) is 2.66. The summed E-state index contributed by atoms with van der Waals surface area (Å²) < 4.78 is 12.4. The predicted octanol–water partition coefficient (Wildman–Crippen LogP) is 4.99. The molecule has 0 aliphatic carbocycles. The first-order chi connectivity index (χ1) is 21.1. The number of carbonyl (C=O) groups is 2. The molecule has 0 aliphatic rings.